The number of allylic oxidation sites excluding steroid dienone is 2. The molecule has 1 aliphatic rings. The van der Waals surface area contributed by atoms with Gasteiger partial charge in [0, 0.05) is 12.8 Å². The SMILES string of the molecule is CC1=CCC(C)(C)CN=C1. The molecule has 1 nitrogen and oxygen atoms in total. The molecule has 0 aromatic heterocycles. The Kier molecular flexibility index (Phi) is 1.93. The fraction of sp³-hybridized carbons (Fsp3) is 0.667. The maximum Gasteiger partial charge on any atom is 0.0443 e. The highest BCUT2D eigenvalue weighted by Gasteiger charge is 2.16. The highest BCUT2D eigenvalue weighted by atomic mass is 14.7. The lowest BCUT2D eigenvalue weighted by Gasteiger charge is -2.18. The molecule has 0 atom stereocenters. The van der Waals surface area contributed by atoms with Crippen molar-refractivity contribution in [2.45, 2.75) is 27.2 Å². The standard InChI is InChI=1S/C9H15N/c1-8-4-5-9(2,3)7-10-6-8/h4,6H,5,7H2,1-3H3. The van der Waals surface area contributed by atoms with E-state index in [0.29, 0.717) is 5.41 Å². The second-order valence-electron chi connectivity index (χ2n) is 3.79. The van der Waals surface area contributed by atoms with Crippen LogP contribution < -0.4 is 0 Å². The van der Waals surface area contributed by atoms with E-state index in [0.717, 1.165) is 13.0 Å². The van der Waals surface area contributed by atoms with Gasteiger partial charge in [-0.15, -0.1) is 0 Å². The van der Waals surface area contributed by atoms with Crippen LogP contribution in [0.3, 0.4) is 0 Å². The van der Waals surface area contributed by atoms with Gasteiger partial charge in [-0.3, -0.25) is 4.99 Å². The Morgan fingerprint density at radius 1 is 1.50 bits per heavy atom. The van der Waals surface area contributed by atoms with E-state index in [9.17, 15) is 0 Å². The summed E-state index contributed by atoms with van der Waals surface area (Å²) in [5.74, 6) is 0. The molecule has 0 aromatic carbocycles. The number of hydrogen-bond acceptors (Lipinski definition) is 1. The molecule has 0 radical (unpaired) electrons. The molecule has 0 fully saturated rings. The molecular formula is C9H15N. The molecular weight excluding hydrogens is 122 g/mol. The van der Waals surface area contributed by atoms with Crippen molar-refractivity contribution in [2.75, 3.05) is 6.54 Å². The Morgan fingerprint density at radius 3 is 2.90 bits per heavy atom. The van der Waals surface area contributed by atoms with Crippen LogP contribution in [0.4, 0.5) is 0 Å². The van der Waals surface area contributed by atoms with Crippen LogP contribution in [0.25, 0.3) is 0 Å². The Morgan fingerprint density at radius 2 is 2.20 bits per heavy atom. The first-order valence-electron chi connectivity index (χ1n) is 3.77. The van der Waals surface area contributed by atoms with E-state index in [2.05, 4.69) is 31.8 Å². The molecule has 56 valence electrons. The summed E-state index contributed by atoms with van der Waals surface area (Å²) in [6, 6.07) is 0. The van der Waals surface area contributed by atoms with Crippen LogP contribution >= 0.6 is 0 Å². The lowest BCUT2D eigenvalue weighted by atomic mass is 9.89. The maximum atomic E-state index is 4.31. The quantitative estimate of drug-likeness (QED) is 0.486. The predicted molar refractivity (Wildman–Crippen MR) is 45.5 cm³/mol. The lowest BCUT2D eigenvalue weighted by Crippen LogP contribution is -2.13. The molecule has 0 bridgehead atoms. The molecule has 0 aromatic rings. The first-order chi connectivity index (χ1) is 4.60. The minimum atomic E-state index is 0.369. The van der Waals surface area contributed by atoms with Crippen LogP contribution in [0.1, 0.15) is 27.2 Å². The van der Waals surface area contributed by atoms with Gasteiger partial charge in [0.1, 0.15) is 0 Å². The van der Waals surface area contributed by atoms with Crippen LogP contribution in [-0.4, -0.2) is 12.8 Å². The molecule has 1 aliphatic heterocycles. The molecule has 10 heavy (non-hydrogen) atoms. The smallest absolute Gasteiger partial charge is 0.0443 e. The molecule has 0 unspecified atom stereocenters. The monoisotopic (exact) mass is 137 g/mol. The Bertz CT molecular complexity index is 175. The van der Waals surface area contributed by atoms with Gasteiger partial charge < -0.3 is 0 Å². The molecule has 0 saturated heterocycles. The number of aliphatic imine (C=N–C) groups is 1. The van der Waals surface area contributed by atoms with Crippen LogP contribution in [-0.2, 0) is 0 Å². The van der Waals surface area contributed by atoms with Gasteiger partial charge in [0.15, 0.2) is 0 Å². The Labute approximate surface area is 62.9 Å². The molecule has 0 aliphatic carbocycles. The largest absolute Gasteiger partial charge is 0.292 e. The van der Waals surface area contributed by atoms with Gasteiger partial charge in [-0.25, -0.2) is 0 Å². The van der Waals surface area contributed by atoms with E-state index >= 15 is 0 Å². The van der Waals surface area contributed by atoms with Crippen molar-refractivity contribution in [1.29, 1.82) is 0 Å². The van der Waals surface area contributed by atoms with Gasteiger partial charge in [0.05, 0.1) is 0 Å². The normalized spacial score (nSPS) is 23.7. The maximum absolute atomic E-state index is 4.31. The lowest BCUT2D eigenvalue weighted by molar-refractivity contribution is 0.388. The minimum absolute atomic E-state index is 0.369. The Balaban J connectivity index is 2.70. The second-order valence-corrected chi connectivity index (χ2v) is 3.79. The highest BCUT2D eigenvalue weighted by Crippen LogP contribution is 2.23. The first-order valence-corrected chi connectivity index (χ1v) is 3.77. The average Bonchev–Trinajstić information content (AvgIpc) is 1.94. The van der Waals surface area contributed by atoms with Crippen LogP contribution in [0.2, 0.25) is 0 Å². The van der Waals surface area contributed by atoms with E-state index < -0.39 is 0 Å². The summed E-state index contributed by atoms with van der Waals surface area (Å²) in [6.45, 7) is 7.56. The third kappa shape index (κ3) is 1.98. The number of hydrogen-bond donors (Lipinski definition) is 0. The Hall–Kier alpha value is -0.590. The van der Waals surface area contributed by atoms with Crippen molar-refractivity contribution < 1.29 is 0 Å². The van der Waals surface area contributed by atoms with Gasteiger partial charge >= 0.3 is 0 Å². The second kappa shape index (κ2) is 2.57. The fourth-order valence-corrected chi connectivity index (χ4v) is 0.991. The summed E-state index contributed by atoms with van der Waals surface area (Å²) in [4.78, 5) is 4.31. The topological polar surface area (TPSA) is 12.4 Å². The molecule has 1 heterocycles. The summed E-state index contributed by atoms with van der Waals surface area (Å²) in [6.07, 6.45) is 5.38. The molecule has 0 saturated carbocycles. The summed E-state index contributed by atoms with van der Waals surface area (Å²) in [7, 11) is 0. The summed E-state index contributed by atoms with van der Waals surface area (Å²) < 4.78 is 0. The van der Waals surface area contributed by atoms with Crippen molar-refractivity contribution in [1.82, 2.24) is 0 Å². The van der Waals surface area contributed by atoms with Crippen LogP contribution in [0.5, 0.6) is 0 Å². The summed E-state index contributed by atoms with van der Waals surface area (Å²) >= 11 is 0. The molecule has 1 rings (SSSR count). The minimum Gasteiger partial charge on any atom is -0.292 e. The van der Waals surface area contributed by atoms with Crippen molar-refractivity contribution in [3.05, 3.63) is 11.6 Å². The van der Waals surface area contributed by atoms with Gasteiger partial charge in [0.2, 0.25) is 0 Å². The molecule has 0 N–H and O–H groups in total. The first kappa shape index (κ1) is 7.52. The van der Waals surface area contributed by atoms with Gasteiger partial charge in [0.25, 0.3) is 0 Å². The van der Waals surface area contributed by atoms with E-state index in [1.165, 1.54) is 5.57 Å². The zero-order valence-corrected chi connectivity index (χ0v) is 7.02. The summed E-state index contributed by atoms with van der Waals surface area (Å²) in [5.41, 5.74) is 1.67. The molecule has 0 spiro atoms. The molecule has 0 amide bonds. The van der Waals surface area contributed by atoms with Gasteiger partial charge in [-0.2, -0.15) is 0 Å². The molecule has 1 heteroatoms. The van der Waals surface area contributed by atoms with E-state index in [1.54, 1.807) is 0 Å². The average molecular weight is 137 g/mol. The van der Waals surface area contributed by atoms with Crippen LogP contribution in [0, 0.1) is 5.41 Å². The summed E-state index contributed by atoms with van der Waals surface area (Å²) in [5, 5.41) is 0. The predicted octanol–water partition coefficient (Wildman–Crippen LogP) is 2.43. The van der Waals surface area contributed by atoms with Crippen LogP contribution in [0.15, 0.2) is 16.6 Å². The third-order valence-corrected chi connectivity index (χ3v) is 1.79. The van der Waals surface area contributed by atoms with Crippen molar-refractivity contribution in [3.63, 3.8) is 0 Å². The fourth-order valence-electron chi connectivity index (χ4n) is 0.991. The van der Waals surface area contributed by atoms with Gasteiger partial charge in [-0.1, -0.05) is 19.9 Å². The van der Waals surface area contributed by atoms with Crippen molar-refractivity contribution in [2.24, 2.45) is 10.4 Å². The van der Waals surface area contributed by atoms with Crippen molar-refractivity contribution >= 4 is 6.21 Å². The number of rotatable bonds is 0. The van der Waals surface area contributed by atoms with Gasteiger partial charge in [-0.05, 0) is 24.3 Å². The van der Waals surface area contributed by atoms with Crippen molar-refractivity contribution in [3.8, 4) is 0 Å². The van der Waals surface area contributed by atoms with E-state index in [-0.39, 0.29) is 0 Å². The van der Waals surface area contributed by atoms with E-state index in [1.807, 2.05) is 6.21 Å². The third-order valence-electron chi connectivity index (χ3n) is 1.79. The highest BCUT2D eigenvalue weighted by molar-refractivity contribution is 5.77. The number of nitrogens with zero attached hydrogens (tertiary/aromatic N) is 1. The zero-order valence-electron chi connectivity index (χ0n) is 7.02. The van der Waals surface area contributed by atoms with E-state index in [4.69, 9.17) is 0 Å². The zero-order chi connectivity index (χ0) is 7.61.